The van der Waals surface area contributed by atoms with Crippen molar-refractivity contribution in [2.75, 3.05) is 5.32 Å². The van der Waals surface area contributed by atoms with Crippen LogP contribution in [0.3, 0.4) is 0 Å². The molecule has 2 nitrogen and oxygen atoms in total. The van der Waals surface area contributed by atoms with E-state index < -0.39 is 0 Å². The van der Waals surface area contributed by atoms with Crippen LogP contribution in [0.15, 0.2) is 73.3 Å². The lowest BCUT2D eigenvalue weighted by molar-refractivity contribution is 0.904. The van der Waals surface area contributed by atoms with Gasteiger partial charge < -0.3 is 5.32 Å². The smallest absolute Gasteiger partial charge is 0.0709 e. The molecule has 1 aromatic heterocycles. The Morgan fingerprint density at radius 3 is 2.74 bits per heavy atom. The minimum Gasteiger partial charge on any atom is -0.377 e. The van der Waals surface area contributed by atoms with E-state index in [0.717, 1.165) is 17.6 Å². The van der Waals surface area contributed by atoms with E-state index in [9.17, 15) is 0 Å². The van der Waals surface area contributed by atoms with Crippen LogP contribution < -0.4 is 5.32 Å². The van der Waals surface area contributed by atoms with Gasteiger partial charge in [0, 0.05) is 16.6 Å². The van der Waals surface area contributed by atoms with Gasteiger partial charge in [0.1, 0.15) is 0 Å². The van der Waals surface area contributed by atoms with Crippen LogP contribution in [0.2, 0.25) is 0 Å². The second-order valence-electron chi connectivity index (χ2n) is 5.80. The van der Waals surface area contributed by atoms with E-state index in [1.807, 2.05) is 18.2 Å². The zero-order valence-electron chi connectivity index (χ0n) is 12.9. The lowest BCUT2D eigenvalue weighted by Crippen LogP contribution is -2.24. The summed E-state index contributed by atoms with van der Waals surface area (Å²) in [5.41, 5.74) is 5.65. The SMILES string of the molecule is C=CC[C@H]1Nc2ccccc2C=C1c1ccc2ccccc2n1. The van der Waals surface area contributed by atoms with Crippen molar-refractivity contribution < 1.29 is 0 Å². The fraction of sp³-hybridized carbons (Fsp3) is 0.0952. The average Bonchev–Trinajstić information content (AvgIpc) is 2.61. The molecule has 2 aromatic carbocycles. The van der Waals surface area contributed by atoms with Gasteiger partial charge in [-0.15, -0.1) is 6.58 Å². The summed E-state index contributed by atoms with van der Waals surface area (Å²) in [5, 5.41) is 4.78. The number of anilines is 1. The summed E-state index contributed by atoms with van der Waals surface area (Å²) in [6.45, 7) is 3.90. The van der Waals surface area contributed by atoms with E-state index in [1.54, 1.807) is 0 Å². The molecule has 0 bridgehead atoms. The quantitative estimate of drug-likeness (QED) is 0.677. The molecule has 1 aliphatic rings. The summed E-state index contributed by atoms with van der Waals surface area (Å²) in [5.74, 6) is 0. The molecule has 0 radical (unpaired) electrons. The lowest BCUT2D eigenvalue weighted by Gasteiger charge is -2.27. The zero-order valence-corrected chi connectivity index (χ0v) is 12.9. The number of fused-ring (bicyclic) bond motifs is 2. The highest BCUT2D eigenvalue weighted by Gasteiger charge is 2.21. The van der Waals surface area contributed by atoms with Crippen LogP contribution in [0.4, 0.5) is 5.69 Å². The van der Waals surface area contributed by atoms with Gasteiger partial charge in [0.05, 0.1) is 17.3 Å². The molecule has 3 aromatic rings. The van der Waals surface area contributed by atoms with Gasteiger partial charge in [-0.1, -0.05) is 48.5 Å². The summed E-state index contributed by atoms with van der Waals surface area (Å²) < 4.78 is 0. The Morgan fingerprint density at radius 2 is 1.83 bits per heavy atom. The van der Waals surface area contributed by atoms with Gasteiger partial charge in [-0.3, -0.25) is 0 Å². The Morgan fingerprint density at radius 1 is 1.00 bits per heavy atom. The van der Waals surface area contributed by atoms with Crippen molar-refractivity contribution in [1.29, 1.82) is 0 Å². The molecule has 4 rings (SSSR count). The largest absolute Gasteiger partial charge is 0.377 e. The van der Waals surface area contributed by atoms with Gasteiger partial charge in [-0.25, -0.2) is 4.98 Å². The molecular formula is C21H18N2. The Bertz CT molecular complexity index is 908. The van der Waals surface area contributed by atoms with Crippen molar-refractivity contribution in [2.24, 2.45) is 0 Å². The minimum atomic E-state index is 0.205. The van der Waals surface area contributed by atoms with Gasteiger partial charge in [0.15, 0.2) is 0 Å². The van der Waals surface area contributed by atoms with Crippen LogP contribution in [0.1, 0.15) is 17.7 Å². The van der Waals surface area contributed by atoms with E-state index in [0.29, 0.717) is 0 Å². The van der Waals surface area contributed by atoms with E-state index >= 15 is 0 Å². The van der Waals surface area contributed by atoms with Gasteiger partial charge in [-0.2, -0.15) is 0 Å². The highest BCUT2D eigenvalue weighted by atomic mass is 14.9. The molecule has 112 valence electrons. The van der Waals surface area contributed by atoms with Crippen molar-refractivity contribution in [3.05, 3.63) is 84.6 Å². The molecular weight excluding hydrogens is 280 g/mol. The molecule has 0 amide bonds. The van der Waals surface area contributed by atoms with E-state index in [4.69, 9.17) is 4.98 Å². The van der Waals surface area contributed by atoms with Gasteiger partial charge in [-0.05, 0) is 36.3 Å². The number of rotatable bonds is 3. The molecule has 0 unspecified atom stereocenters. The highest BCUT2D eigenvalue weighted by Crippen LogP contribution is 2.33. The molecule has 1 aliphatic heterocycles. The van der Waals surface area contributed by atoms with E-state index in [2.05, 4.69) is 66.5 Å². The zero-order chi connectivity index (χ0) is 15.6. The first-order valence-electron chi connectivity index (χ1n) is 7.89. The van der Waals surface area contributed by atoms with Crippen molar-refractivity contribution in [1.82, 2.24) is 4.98 Å². The van der Waals surface area contributed by atoms with Crippen LogP contribution in [-0.2, 0) is 0 Å². The van der Waals surface area contributed by atoms with E-state index in [1.165, 1.54) is 22.2 Å². The molecule has 1 atom stereocenters. The van der Waals surface area contributed by atoms with Gasteiger partial charge >= 0.3 is 0 Å². The number of nitrogens with zero attached hydrogens (tertiary/aromatic N) is 1. The third-order valence-electron chi connectivity index (χ3n) is 4.27. The number of hydrogen-bond donors (Lipinski definition) is 1. The topological polar surface area (TPSA) is 24.9 Å². The van der Waals surface area contributed by atoms with Crippen molar-refractivity contribution in [2.45, 2.75) is 12.5 Å². The fourth-order valence-electron chi connectivity index (χ4n) is 3.12. The monoisotopic (exact) mass is 298 g/mol. The molecule has 0 saturated heterocycles. The Kier molecular flexibility index (Phi) is 3.43. The van der Waals surface area contributed by atoms with Crippen LogP contribution in [-0.4, -0.2) is 11.0 Å². The molecule has 1 N–H and O–H groups in total. The van der Waals surface area contributed by atoms with Crippen molar-refractivity contribution >= 4 is 28.2 Å². The molecule has 0 spiro atoms. The predicted octanol–water partition coefficient (Wildman–Crippen LogP) is 5.15. The van der Waals surface area contributed by atoms with E-state index in [-0.39, 0.29) is 6.04 Å². The first kappa shape index (κ1) is 13.8. The molecule has 0 saturated carbocycles. The molecule has 2 heterocycles. The van der Waals surface area contributed by atoms with Crippen LogP contribution in [0.25, 0.3) is 22.6 Å². The maximum atomic E-state index is 4.86. The summed E-state index contributed by atoms with van der Waals surface area (Å²) in [6, 6.07) is 21.1. The summed E-state index contributed by atoms with van der Waals surface area (Å²) in [4.78, 5) is 4.86. The number of pyridine rings is 1. The van der Waals surface area contributed by atoms with Gasteiger partial charge in [0.25, 0.3) is 0 Å². The standard InChI is InChI=1S/C21H18N2/c1-2-7-20-17(14-16-9-4-6-11-19(16)23-20)21-13-12-15-8-3-5-10-18(15)22-21/h2-6,8-14,20,23H,1,7H2/t20-/m1/s1. The minimum absolute atomic E-state index is 0.205. The number of aromatic nitrogens is 1. The molecule has 2 heteroatoms. The van der Waals surface area contributed by atoms with Crippen LogP contribution in [0.5, 0.6) is 0 Å². The maximum Gasteiger partial charge on any atom is 0.0709 e. The van der Waals surface area contributed by atoms with Crippen molar-refractivity contribution in [3.63, 3.8) is 0 Å². The van der Waals surface area contributed by atoms with Crippen LogP contribution >= 0.6 is 0 Å². The Balaban J connectivity index is 1.85. The normalized spacial score (nSPS) is 16.3. The summed E-state index contributed by atoms with van der Waals surface area (Å²) in [6.07, 6.45) is 5.08. The molecule has 0 aliphatic carbocycles. The molecule has 23 heavy (non-hydrogen) atoms. The van der Waals surface area contributed by atoms with Crippen LogP contribution in [0, 0.1) is 0 Å². The van der Waals surface area contributed by atoms with Crippen molar-refractivity contribution in [3.8, 4) is 0 Å². The number of benzene rings is 2. The first-order valence-corrected chi connectivity index (χ1v) is 7.89. The lowest BCUT2D eigenvalue weighted by atomic mass is 9.92. The first-order chi connectivity index (χ1) is 11.3. The highest BCUT2D eigenvalue weighted by molar-refractivity contribution is 5.93. The number of para-hydroxylation sites is 2. The number of nitrogens with one attached hydrogen (secondary N) is 1. The Hall–Kier alpha value is -2.87. The summed E-state index contributed by atoms with van der Waals surface area (Å²) >= 11 is 0. The third kappa shape index (κ3) is 2.53. The number of hydrogen-bond acceptors (Lipinski definition) is 2. The second kappa shape index (κ2) is 5.73. The third-order valence-corrected chi connectivity index (χ3v) is 4.27. The summed E-state index contributed by atoms with van der Waals surface area (Å²) in [7, 11) is 0. The fourth-order valence-corrected chi connectivity index (χ4v) is 3.12. The maximum absolute atomic E-state index is 4.86. The second-order valence-corrected chi connectivity index (χ2v) is 5.80. The van der Waals surface area contributed by atoms with Gasteiger partial charge in [0.2, 0.25) is 0 Å². The predicted molar refractivity (Wildman–Crippen MR) is 98.3 cm³/mol. The molecule has 0 fully saturated rings. The Labute approximate surface area is 136 Å². The average molecular weight is 298 g/mol.